The molecule has 0 aliphatic rings. The van der Waals surface area contributed by atoms with Crippen LogP contribution in [0.3, 0.4) is 0 Å². The lowest BCUT2D eigenvalue weighted by Gasteiger charge is -2.19. The van der Waals surface area contributed by atoms with E-state index >= 15 is 0 Å². The first-order valence-electron chi connectivity index (χ1n) is 9.06. The normalized spacial score (nSPS) is 11.3. The fourth-order valence-corrected chi connectivity index (χ4v) is 2.80. The fraction of sp³-hybridized carbons (Fsp3) is 0.364. The first-order chi connectivity index (χ1) is 12.3. The van der Waals surface area contributed by atoms with Gasteiger partial charge in [-0.05, 0) is 36.6 Å². The summed E-state index contributed by atoms with van der Waals surface area (Å²) in [5.41, 5.74) is 2.52. The molecule has 3 nitrogen and oxygen atoms in total. The van der Waals surface area contributed by atoms with Crippen LogP contribution in [0, 0.1) is 0 Å². The molecule has 0 amide bonds. The molecule has 0 saturated carbocycles. The summed E-state index contributed by atoms with van der Waals surface area (Å²) < 4.78 is 11.4. The molecular weight excluding hydrogens is 346 g/mol. The van der Waals surface area contributed by atoms with Crippen LogP contribution >= 0.6 is 12.4 Å². The lowest BCUT2D eigenvalue weighted by molar-refractivity contribution is 0.296. The van der Waals surface area contributed by atoms with Crippen molar-refractivity contribution in [1.82, 2.24) is 5.32 Å². The molecular formula is C22H30ClNO2. The van der Waals surface area contributed by atoms with Crippen LogP contribution in [0.25, 0.3) is 0 Å². The van der Waals surface area contributed by atoms with Crippen molar-refractivity contribution in [3.8, 4) is 11.5 Å². The van der Waals surface area contributed by atoms with Crippen molar-refractivity contribution < 1.29 is 9.47 Å². The van der Waals surface area contributed by atoms with Gasteiger partial charge in [-0.15, -0.1) is 12.4 Å². The first kappa shape index (κ1) is 22.1. The third kappa shape index (κ3) is 6.74. The van der Waals surface area contributed by atoms with Gasteiger partial charge in [-0.25, -0.2) is 0 Å². The molecule has 0 aliphatic heterocycles. The van der Waals surface area contributed by atoms with E-state index < -0.39 is 0 Å². The molecule has 0 bridgehead atoms. The lowest BCUT2D eigenvalue weighted by atomic mass is 10.0. The third-order valence-corrected chi connectivity index (χ3v) is 4.00. The third-order valence-electron chi connectivity index (χ3n) is 4.00. The van der Waals surface area contributed by atoms with Gasteiger partial charge in [0, 0.05) is 12.6 Å². The number of nitrogens with one attached hydrogen (secondary N) is 1. The van der Waals surface area contributed by atoms with Gasteiger partial charge >= 0.3 is 0 Å². The summed E-state index contributed by atoms with van der Waals surface area (Å²) in [7, 11) is 0. The summed E-state index contributed by atoms with van der Waals surface area (Å²) >= 11 is 0. The molecule has 2 aromatic carbocycles. The molecule has 4 heteroatoms. The highest BCUT2D eigenvalue weighted by molar-refractivity contribution is 5.85. The monoisotopic (exact) mass is 375 g/mol. The second-order valence-corrected chi connectivity index (χ2v) is 5.95. The highest BCUT2D eigenvalue weighted by Gasteiger charge is 2.11. The summed E-state index contributed by atoms with van der Waals surface area (Å²) in [6.45, 7) is 9.77. The Bertz CT molecular complexity index is 646. The standard InChI is InChI=1S/C22H29NO2.ClH/c1-4-10-20(19-11-8-7-9-12-19)23-17-18-13-14-21(25-15-5-2)22(16-18)24-6-3;/h5,7-9,11-14,16,20,23H,2,4,6,10,15,17H2,1,3H3;1H. The first-order valence-corrected chi connectivity index (χ1v) is 9.06. The van der Waals surface area contributed by atoms with Gasteiger partial charge in [0.25, 0.3) is 0 Å². The topological polar surface area (TPSA) is 30.5 Å². The maximum Gasteiger partial charge on any atom is 0.161 e. The van der Waals surface area contributed by atoms with Gasteiger partial charge < -0.3 is 14.8 Å². The molecule has 0 aromatic heterocycles. The predicted molar refractivity (Wildman–Crippen MR) is 111 cm³/mol. The highest BCUT2D eigenvalue weighted by Crippen LogP contribution is 2.29. The van der Waals surface area contributed by atoms with E-state index in [2.05, 4.69) is 61.3 Å². The minimum absolute atomic E-state index is 0. The average molecular weight is 376 g/mol. The summed E-state index contributed by atoms with van der Waals surface area (Å²) in [6.07, 6.45) is 3.99. The highest BCUT2D eigenvalue weighted by atomic mass is 35.5. The molecule has 1 atom stereocenters. The van der Waals surface area contributed by atoms with Crippen molar-refractivity contribution in [3.63, 3.8) is 0 Å². The Hall–Kier alpha value is -1.97. The summed E-state index contributed by atoms with van der Waals surface area (Å²) in [5, 5.41) is 3.67. The Kier molecular flexibility index (Phi) is 10.5. The van der Waals surface area contributed by atoms with Crippen LogP contribution in [0.5, 0.6) is 11.5 Å². The zero-order valence-corrected chi connectivity index (χ0v) is 16.6. The molecule has 0 radical (unpaired) electrons. The molecule has 1 unspecified atom stereocenters. The van der Waals surface area contributed by atoms with Crippen molar-refractivity contribution in [2.75, 3.05) is 13.2 Å². The summed E-state index contributed by atoms with van der Waals surface area (Å²) in [4.78, 5) is 0. The fourth-order valence-electron chi connectivity index (χ4n) is 2.80. The minimum Gasteiger partial charge on any atom is -0.490 e. The van der Waals surface area contributed by atoms with E-state index in [1.54, 1.807) is 6.08 Å². The van der Waals surface area contributed by atoms with Crippen LogP contribution in [-0.2, 0) is 6.54 Å². The van der Waals surface area contributed by atoms with Gasteiger partial charge in [-0.1, -0.05) is 62.4 Å². The van der Waals surface area contributed by atoms with Gasteiger partial charge in [0.15, 0.2) is 11.5 Å². The molecule has 0 fully saturated rings. The Morgan fingerprint density at radius 3 is 2.46 bits per heavy atom. The molecule has 1 N–H and O–H groups in total. The number of benzene rings is 2. The second kappa shape index (κ2) is 12.4. The predicted octanol–water partition coefficient (Wildman–Crippen LogP) is 5.70. The smallest absolute Gasteiger partial charge is 0.161 e. The van der Waals surface area contributed by atoms with E-state index in [-0.39, 0.29) is 12.4 Å². The lowest BCUT2D eigenvalue weighted by Crippen LogP contribution is -2.20. The van der Waals surface area contributed by atoms with Crippen LogP contribution < -0.4 is 14.8 Å². The molecule has 0 spiro atoms. The van der Waals surface area contributed by atoms with Crippen LogP contribution in [0.1, 0.15) is 43.9 Å². The van der Waals surface area contributed by atoms with Gasteiger partial charge in [-0.2, -0.15) is 0 Å². The van der Waals surface area contributed by atoms with E-state index in [1.165, 1.54) is 11.1 Å². The number of ether oxygens (including phenoxy) is 2. The van der Waals surface area contributed by atoms with E-state index in [9.17, 15) is 0 Å². The number of hydrogen-bond acceptors (Lipinski definition) is 3. The van der Waals surface area contributed by atoms with Gasteiger partial charge in [0.2, 0.25) is 0 Å². The van der Waals surface area contributed by atoms with Crippen molar-refractivity contribution in [1.29, 1.82) is 0 Å². The molecule has 0 saturated heterocycles. The molecule has 26 heavy (non-hydrogen) atoms. The Morgan fingerprint density at radius 1 is 1.04 bits per heavy atom. The molecule has 0 aliphatic carbocycles. The maximum atomic E-state index is 5.73. The quantitative estimate of drug-likeness (QED) is 0.511. The molecule has 142 valence electrons. The molecule has 2 rings (SSSR count). The van der Waals surface area contributed by atoms with Crippen LogP contribution in [0.4, 0.5) is 0 Å². The number of rotatable bonds is 11. The van der Waals surface area contributed by atoms with E-state index in [0.717, 1.165) is 30.9 Å². The zero-order valence-electron chi connectivity index (χ0n) is 15.7. The van der Waals surface area contributed by atoms with E-state index in [1.807, 2.05) is 13.0 Å². The summed E-state index contributed by atoms with van der Waals surface area (Å²) in [6, 6.07) is 17.1. The van der Waals surface area contributed by atoms with E-state index in [4.69, 9.17) is 9.47 Å². The van der Waals surface area contributed by atoms with Crippen LogP contribution in [-0.4, -0.2) is 13.2 Å². The second-order valence-electron chi connectivity index (χ2n) is 5.95. The van der Waals surface area contributed by atoms with Crippen LogP contribution in [0.15, 0.2) is 61.2 Å². The van der Waals surface area contributed by atoms with Crippen molar-refractivity contribution in [2.24, 2.45) is 0 Å². The van der Waals surface area contributed by atoms with Crippen molar-refractivity contribution in [2.45, 2.75) is 39.3 Å². The van der Waals surface area contributed by atoms with Crippen molar-refractivity contribution >= 4 is 12.4 Å². The average Bonchev–Trinajstić information content (AvgIpc) is 2.65. The van der Waals surface area contributed by atoms with Crippen molar-refractivity contribution in [3.05, 3.63) is 72.3 Å². The SMILES string of the molecule is C=CCOc1ccc(CNC(CCC)c2ccccc2)cc1OCC.Cl. The Balaban J connectivity index is 0.00000338. The summed E-state index contributed by atoms with van der Waals surface area (Å²) in [5.74, 6) is 1.55. The van der Waals surface area contributed by atoms with Gasteiger partial charge in [0.05, 0.1) is 6.61 Å². The largest absolute Gasteiger partial charge is 0.490 e. The van der Waals surface area contributed by atoms with E-state index in [0.29, 0.717) is 19.3 Å². The molecule has 0 heterocycles. The van der Waals surface area contributed by atoms with Gasteiger partial charge in [0.1, 0.15) is 6.61 Å². The number of hydrogen-bond donors (Lipinski definition) is 1. The molecule has 2 aromatic rings. The Labute approximate surface area is 163 Å². The number of halogens is 1. The maximum absolute atomic E-state index is 5.73. The zero-order chi connectivity index (χ0) is 17.9. The van der Waals surface area contributed by atoms with Gasteiger partial charge in [-0.3, -0.25) is 0 Å². The van der Waals surface area contributed by atoms with Crippen LogP contribution in [0.2, 0.25) is 0 Å². The Morgan fingerprint density at radius 2 is 1.81 bits per heavy atom. The minimum atomic E-state index is 0.